The van der Waals surface area contributed by atoms with E-state index in [1.54, 1.807) is 29.5 Å². The lowest BCUT2D eigenvalue weighted by Gasteiger charge is -2.06. The molecular weight excluding hydrogens is 298 g/mol. The topological polar surface area (TPSA) is 29.1 Å². The lowest BCUT2D eigenvalue weighted by atomic mass is 10.2. The highest BCUT2D eigenvalue weighted by Crippen LogP contribution is 2.20. The zero-order valence-electron chi connectivity index (χ0n) is 10.4. The van der Waals surface area contributed by atoms with Crippen LogP contribution in [0.1, 0.15) is 27.0 Å². The third kappa shape index (κ3) is 3.75. The van der Waals surface area contributed by atoms with Crippen molar-refractivity contribution in [2.24, 2.45) is 0 Å². The van der Waals surface area contributed by atoms with E-state index in [0.29, 0.717) is 17.1 Å². The highest BCUT2D eigenvalue weighted by molar-refractivity contribution is 7.80. The van der Waals surface area contributed by atoms with Crippen LogP contribution in [0.3, 0.4) is 0 Å². The van der Waals surface area contributed by atoms with Crippen molar-refractivity contribution >= 4 is 41.5 Å². The third-order valence-electron chi connectivity index (χ3n) is 2.68. The second kappa shape index (κ2) is 6.46. The first kappa shape index (κ1) is 14.4. The van der Waals surface area contributed by atoms with Crippen LogP contribution >= 0.6 is 35.6 Å². The van der Waals surface area contributed by atoms with Crippen LogP contribution in [0.2, 0.25) is 5.02 Å². The number of benzene rings is 1. The Labute approximate surface area is 127 Å². The summed E-state index contributed by atoms with van der Waals surface area (Å²) in [7, 11) is 0. The van der Waals surface area contributed by atoms with E-state index in [-0.39, 0.29) is 5.91 Å². The molecule has 1 amide bonds. The molecule has 0 unspecified atom stereocenters. The van der Waals surface area contributed by atoms with Gasteiger partial charge in [0, 0.05) is 14.6 Å². The highest BCUT2D eigenvalue weighted by atomic mass is 35.5. The Balaban J connectivity index is 2.03. The molecule has 1 aromatic carbocycles. The van der Waals surface area contributed by atoms with Crippen LogP contribution < -0.4 is 5.32 Å². The van der Waals surface area contributed by atoms with Gasteiger partial charge in [-0.3, -0.25) is 4.79 Å². The smallest absolute Gasteiger partial charge is 0.253 e. The molecule has 2 aromatic rings. The molecule has 0 bridgehead atoms. The molecule has 0 spiro atoms. The SMILES string of the molecule is CCc1ccc(CNC(=O)c2cc(S)ccc2Cl)s1. The second-order valence-electron chi connectivity index (χ2n) is 4.07. The molecule has 1 aromatic heterocycles. The van der Waals surface area contributed by atoms with Gasteiger partial charge in [-0.1, -0.05) is 18.5 Å². The van der Waals surface area contributed by atoms with E-state index >= 15 is 0 Å². The lowest BCUT2D eigenvalue weighted by Crippen LogP contribution is -2.22. The molecule has 1 heterocycles. The first-order valence-corrected chi connectivity index (χ1v) is 7.58. The van der Waals surface area contributed by atoms with Crippen molar-refractivity contribution < 1.29 is 4.79 Å². The standard InChI is InChI=1S/C14H14ClNOS2/c1-2-10-4-5-11(19-10)8-16-14(17)12-7-9(18)3-6-13(12)15/h3-7,18H,2,8H2,1H3,(H,16,17). The quantitative estimate of drug-likeness (QED) is 0.815. The summed E-state index contributed by atoms with van der Waals surface area (Å²) in [4.78, 5) is 15.2. The van der Waals surface area contributed by atoms with Crippen molar-refractivity contribution in [3.05, 3.63) is 50.7 Å². The molecule has 1 N–H and O–H groups in total. The van der Waals surface area contributed by atoms with Crippen LogP contribution in [0.5, 0.6) is 0 Å². The number of amides is 1. The fourth-order valence-electron chi connectivity index (χ4n) is 1.66. The molecule has 5 heteroatoms. The van der Waals surface area contributed by atoms with Gasteiger partial charge in [0.1, 0.15) is 0 Å². The van der Waals surface area contributed by atoms with Crippen molar-refractivity contribution in [3.8, 4) is 0 Å². The molecule has 0 aliphatic carbocycles. The van der Waals surface area contributed by atoms with Gasteiger partial charge >= 0.3 is 0 Å². The summed E-state index contributed by atoms with van der Waals surface area (Å²) in [5.74, 6) is -0.174. The molecule has 0 fully saturated rings. The predicted octanol–water partition coefficient (Wildman–Crippen LogP) is 4.18. The Morgan fingerprint density at radius 2 is 2.05 bits per heavy atom. The Morgan fingerprint density at radius 3 is 2.74 bits per heavy atom. The first-order valence-electron chi connectivity index (χ1n) is 5.94. The number of hydrogen-bond donors (Lipinski definition) is 2. The van der Waals surface area contributed by atoms with Gasteiger partial charge in [0.05, 0.1) is 17.1 Å². The van der Waals surface area contributed by atoms with E-state index in [0.717, 1.165) is 16.2 Å². The number of halogens is 1. The normalized spacial score (nSPS) is 10.5. The van der Waals surface area contributed by atoms with Crippen LogP contribution in [0, 0.1) is 0 Å². The number of carbonyl (C=O) groups is 1. The summed E-state index contributed by atoms with van der Waals surface area (Å²) in [6.45, 7) is 2.64. The average molecular weight is 312 g/mol. The summed E-state index contributed by atoms with van der Waals surface area (Å²) in [5, 5.41) is 3.31. The number of aryl methyl sites for hydroxylation is 1. The summed E-state index contributed by atoms with van der Waals surface area (Å²) < 4.78 is 0. The number of rotatable bonds is 4. The Hall–Kier alpha value is -0.970. The van der Waals surface area contributed by atoms with E-state index in [2.05, 4.69) is 30.9 Å². The van der Waals surface area contributed by atoms with Gasteiger partial charge in [0.2, 0.25) is 0 Å². The summed E-state index contributed by atoms with van der Waals surface area (Å²) in [5.41, 5.74) is 0.460. The minimum Gasteiger partial charge on any atom is -0.347 e. The van der Waals surface area contributed by atoms with Gasteiger partial charge in [-0.25, -0.2) is 0 Å². The highest BCUT2D eigenvalue weighted by Gasteiger charge is 2.10. The second-order valence-corrected chi connectivity index (χ2v) is 6.24. The lowest BCUT2D eigenvalue weighted by molar-refractivity contribution is 0.0951. The van der Waals surface area contributed by atoms with Crippen molar-refractivity contribution in [1.82, 2.24) is 5.32 Å². The van der Waals surface area contributed by atoms with E-state index in [1.807, 2.05) is 6.07 Å². The average Bonchev–Trinajstić information content (AvgIpc) is 2.87. The largest absolute Gasteiger partial charge is 0.347 e. The molecule has 19 heavy (non-hydrogen) atoms. The maximum atomic E-state index is 12.0. The molecule has 2 nitrogen and oxygen atoms in total. The van der Waals surface area contributed by atoms with Crippen LogP contribution in [-0.4, -0.2) is 5.91 Å². The van der Waals surface area contributed by atoms with E-state index in [4.69, 9.17) is 11.6 Å². The zero-order valence-corrected chi connectivity index (χ0v) is 12.9. The Bertz CT molecular complexity index is 595. The number of nitrogens with one attached hydrogen (secondary N) is 1. The van der Waals surface area contributed by atoms with Gasteiger partial charge in [-0.15, -0.1) is 24.0 Å². The summed E-state index contributed by atoms with van der Waals surface area (Å²) in [6, 6.07) is 9.24. The Morgan fingerprint density at radius 1 is 1.32 bits per heavy atom. The van der Waals surface area contributed by atoms with E-state index in [1.165, 1.54) is 4.88 Å². The molecule has 0 radical (unpaired) electrons. The molecular formula is C14H14ClNOS2. The van der Waals surface area contributed by atoms with Gasteiger partial charge in [-0.2, -0.15) is 0 Å². The molecule has 0 saturated carbocycles. The molecule has 0 saturated heterocycles. The number of hydrogen-bond acceptors (Lipinski definition) is 3. The molecule has 0 atom stereocenters. The third-order valence-corrected chi connectivity index (χ3v) is 4.52. The number of thiol groups is 1. The van der Waals surface area contributed by atoms with Gasteiger partial charge in [0.15, 0.2) is 0 Å². The summed E-state index contributed by atoms with van der Waals surface area (Å²) in [6.07, 6.45) is 1.02. The first-order chi connectivity index (χ1) is 9.10. The van der Waals surface area contributed by atoms with Crippen molar-refractivity contribution in [1.29, 1.82) is 0 Å². The summed E-state index contributed by atoms with van der Waals surface area (Å²) >= 11 is 11.9. The van der Waals surface area contributed by atoms with Gasteiger partial charge < -0.3 is 5.32 Å². The number of carbonyl (C=O) groups excluding carboxylic acids is 1. The van der Waals surface area contributed by atoms with Crippen molar-refractivity contribution in [2.45, 2.75) is 24.8 Å². The Kier molecular flexibility index (Phi) is 4.91. The molecule has 0 aliphatic rings. The molecule has 0 aliphatic heterocycles. The molecule has 2 rings (SSSR count). The zero-order chi connectivity index (χ0) is 13.8. The van der Waals surface area contributed by atoms with Crippen molar-refractivity contribution in [3.63, 3.8) is 0 Å². The fraction of sp³-hybridized carbons (Fsp3) is 0.214. The van der Waals surface area contributed by atoms with Crippen molar-refractivity contribution in [2.75, 3.05) is 0 Å². The van der Waals surface area contributed by atoms with Crippen LogP contribution in [0.15, 0.2) is 35.2 Å². The number of thiophene rings is 1. The predicted molar refractivity (Wildman–Crippen MR) is 83.6 cm³/mol. The fourth-order valence-corrected chi connectivity index (χ4v) is 2.96. The van der Waals surface area contributed by atoms with E-state index in [9.17, 15) is 4.79 Å². The van der Waals surface area contributed by atoms with Crippen LogP contribution in [0.4, 0.5) is 0 Å². The molecule has 100 valence electrons. The van der Waals surface area contributed by atoms with Crippen LogP contribution in [-0.2, 0) is 13.0 Å². The van der Waals surface area contributed by atoms with Crippen LogP contribution in [0.25, 0.3) is 0 Å². The van der Waals surface area contributed by atoms with Gasteiger partial charge in [-0.05, 0) is 36.8 Å². The maximum Gasteiger partial charge on any atom is 0.253 e. The minimum absolute atomic E-state index is 0.174. The monoisotopic (exact) mass is 311 g/mol. The van der Waals surface area contributed by atoms with Gasteiger partial charge in [0.25, 0.3) is 5.91 Å². The maximum absolute atomic E-state index is 12.0. The minimum atomic E-state index is -0.174. The van der Waals surface area contributed by atoms with E-state index < -0.39 is 0 Å².